The quantitative estimate of drug-likeness (QED) is 0.0952. The van der Waals surface area contributed by atoms with Crippen LogP contribution in [-0.4, -0.2) is 21.6 Å². The van der Waals surface area contributed by atoms with Crippen LogP contribution < -0.4 is 0 Å². The number of benzene rings is 4. The first-order valence-electron chi connectivity index (χ1n) is 12.8. The Kier molecular flexibility index (Phi) is 17.6. The maximum absolute atomic E-state index is 12.9. The molecule has 0 bridgehead atoms. The van der Waals surface area contributed by atoms with E-state index in [1.165, 1.54) is 11.1 Å². The van der Waals surface area contributed by atoms with Gasteiger partial charge in [0.05, 0.1) is 6.61 Å². The Morgan fingerprint density at radius 1 is 0.780 bits per heavy atom. The van der Waals surface area contributed by atoms with Crippen LogP contribution in [0.4, 0.5) is 0 Å². The van der Waals surface area contributed by atoms with E-state index in [0.29, 0.717) is 19.8 Å². The molecule has 0 aliphatic rings. The van der Waals surface area contributed by atoms with Gasteiger partial charge in [0.2, 0.25) is 0 Å². The molecule has 0 saturated carbocycles. The summed E-state index contributed by atoms with van der Waals surface area (Å²) in [6.07, 6.45) is 0. The molecule has 0 amide bonds. The van der Waals surface area contributed by atoms with E-state index >= 15 is 0 Å². The van der Waals surface area contributed by atoms with E-state index in [1.54, 1.807) is 24.3 Å². The molecule has 4 aromatic rings. The van der Waals surface area contributed by atoms with Crippen LogP contribution in [0.15, 0.2) is 114 Å². The Balaban J connectivity index is 0.000000473. The molecule has 0 unspecified atom stereocenters. The monoisotopic (exact) mass is 680 g/mol. The second kappa shape index (κ2) is 19.7. The maximum atomic E-state index is 12.9. The fraction of sp³-hybridized carbons (Fsp3) is 0.242. The average molecular weight is 680 g/mol. The molecule has 0 radical (unpaired) electrons. The van der Waals surface area contributed by atoms with Crippen molar-refractivity contribution in [3.8, 4) is 0 Å². The Morgan fingerprint density at radius 2 is 1.24 bits per heavy atom. The topological polar surface area (TPSA) is 81.3 Å². The summed E-state index contributed by atoms with van der Waals surface area (Å²) in [6, 6.07) is 34.1. The first-order valence-corrected chi connectivity index (χ1v) is 16.5. The van der Waals surface area contributed by atoms with Crippen molar-refractivity contribution in [1.29, 1.82) is 0 Å². The zero-order valence-electron chi connectivity index (χ0n) is 24.0. The zero-order valence-corrected chi connectivity index (χ0v) is 27.3. The van der Waals surface area contributed by atoms with Gasteiger partial charge in [-0.25, -0.2) is 8.42 Å². The molecule has 2 atom stereocenters. The summed E-state index contributed by atoms with van der Waals surface area (Å²) < 4.78 is 35.3. The molecule has 1 N–H and O–H groups in total. The molecule has 0 spiro atoms. The van der Waals surface area contributed by atoms with Gasteiger partial charge in [0.1, 0.15) is 10.0 Å². The van der Waals surface area contributed by atoms with Gasteiger partial charge in [-0.15, -0.1) is 6.54 Å². The summed E-state index contributed by atoms with van der Waals surface area (Å²) in [5.74, 6) is -0.0705. The average Bonchev–Trinajstić information content (AvgIpc) is 2.99. The van der Waals surface area contributed by atoms with Gasteiger partial charge in [-0.05, 0) is 43.0 Å². The second-order valence-corrected chi connectivity index (χ2v) is 10.9. The number of sulfonamides is 1. The van der Waals surface area contributed by atoms with Crippen LogP contribution in [0.2, 0.25) is 0 Å². The van der Waals surface area contributed by atoms with Crippen LogP contribution in [0.1, 0.15) is 46.7 Å². The number of rotatable bonds is 10. The van der Waals surface area contributed by atoms with Crippen molar-refractivity contribution in [2.45, 2.75) is 44.2 Å². The Labute approximate surface area is 261 Å². The van der Waals surface area contributed by atoms with Crippen molar-refractivity contribution in [2.24, 2.45) is 0 Å². The second-order valence-electron chi connectivity index (χ2n) is 9.24. The van der Waals surface area contributed by atoms with Gasteiger partial charge in [0, 0.05) is 11.5 Å². The minimum absolute atomic E-state index is 0. The number of ether oxygens (including phenoxy) is 1. The Morgan fingerprint density at radius 3 is 1.73 bits per heavy atom. The molecule has 0 aliphatic carbocycles. The van der Waals surface area contributed by atoms with Gasteiger partial charge in [-0.2, -0.15) is 0 Å². The molecule has 0 saturated heterocycles. The number of aryl methyl sites for hydroxylation is 2. The van der Waals surface area contributed by atoms with Crippen LogP contribution in [0, 0.1) is 21.3 Å². The molecule has 0 heterocycles. The Hall–Kier alpha value is -2.38. The summed E-state index contributed by atoms with van der Waals surface area (Å²) >= 11 is 1.82. The van der Waals surface area contributed by atoms with E-state index in [2.05, 4.69) is 45.6 Å². The normalized spacial score (nSPS) is 11.9. The van der Waals surface area contributed by atoms with Crippen LogP contribution in [0.5, 0.6) is 0 Å². The zero-order chi connectivity index (χ0) is 29.4. The van der Waals surface area contributed by atoms with Crippen molar-refractivity contribution in [3.63, 3.8) is 0 Å². The van der Waals surface area contributed by atoms with Crippen molar-refractivity contribution in [2.75, 3.05) is 13.2 Å². The minimum atomic E-state index is -3.75. The molecule has 5 nitrogen and oxygen atoms in total. The van der Waals surface area contributed by atoms with E-state index in [9.17, 15) is 8.42 Å². The van der Waals surface area contributed by atoms with Crippen molar-refractivity contribution in [3.05, 3.63) is 155 Å². The number of halogens is 1. The van der Waals surface area contributed by atoms with Gasteiger partial charge in [0.15, 0.2) is 0 Å². The fourth-order valence-electron chi connectivity index (χ4n) is 3.90. The molecule has 8 heteroatoms. The van der Waals surface area contributed by atoms with Gasteiger partial charge in [0.25, 0.3) is 0 Å². The van der Waals surface area contributed by atoms with Crippen LogP contribution >= 0.6 is 9.69 Å². The summed E-state index contributed by atoms with van der Waals surface area (Å²) in [5, 5.41) is 0. The predicted octanol–water partition coefficient (Wildman–Crippen LogP) is 9.30. The Bertz CT molecular complexity index is 1340. The number of hydrogen-bond donors (Lipinski definition) is 0. The van der Waals surface area contributed by atoms with Crippen molar-refractivity contribution >= 4 is 19.7 Å². The van der Waals surface area contributed by atoms with Crippen LogP contribution in [-0.2, 0) is 38.7 Å². The third-order valence-corrected chi connectivity index (χ3v) is 7.52. The van der Waals surface area contributed by atoms with E-state index < -0.39 is 16.1 Å². The summed E-state index contributed by atoms with van der Waals surface area (Å²) in [4.78, 5) is 0.226. The van der Waals surface area contributed by atoms with Crippen molar-refractivity contribution < 1.29 is 30.5 Å². The molecular weight excluding hydrogens is 641 g/mol. The molecule has 0 aliphatic heterocycles. The van der Waals surface area contributed by atoms with E-state index in [-0.39, 0.29) is 18.2 Å². The van der Waals surface area contributed by atoms with Gasteiger partial charge in [-0.1, -0.05) is 127 Å². The third kappa shape index (κ3) is 12.6. The molecule has 4 aromatic carbocycles. The number of nitrogens with one attached hydrogen (secondary N) is 1. The van der Waals surface area contributed by atoms with Gasteiger partial charge >= 0.3 is 27.0 Å². The molecule has 4 rings (SSSR count). The standard InChI is InChI=1S/C22H22NO2S.C10H14NO.CH3.ClH.Ru/c1-17-13-15-21(16-14-17)26(24,25)23-22(20-11-7-4-8-12-20)18(2)19-9-5-3-6-10-19;1-9-2-4-10(5-3-9)8-12-7-6-11;;;/h3-16,18,22H,1-2H3;2-5,11H,6-8H2,1H3;1H3;1H;/q3*-1;;+4/p-1/t18-,22+;;;;/m1..../s1. The molecule has 0 fully saturated rings. The number of hydrogen-bond acceptors (Lipinski definition) is 3. The van der Waals surface area contributed by atoms with Gasteiger partial charge in [-0.3, -0.25) is 0 Å². The molecule has 220 valence electrons. The number of nitrogens with zero attached hydrogens (tertiary/aromatic N) is 1. The molecule has 0 aromatic heterocycles. The first kappa shape index (κ1) is 36.6. The summed E-state index contributed by atoms with van der Waals surface area (Å²) in [6.45, 7) is 7.49. The molecule has 41 heavy (non-hydrogen) atoms. The summed E-state index contributed by atoms with van der Waals surface area (Å²) in [7, 11) is 0.816. The first-order chi connectivity index (χ1) is 19.3. The predicted molar refractivity (Wildman–Crippen MR) is 168 cm³/mol. The van der Waals surface area contributed by atoms with Crippen LogP contribution in [0.25, 0.3) is 10.5 Å². The van der Waals surface area contributed by atoms with E-state index in [0.717, 1.165) is 16.7 Å². The van der Waals surface area contributed by atoms with Gasteiger partial charge < -0.3 is 22.6 Å². The SMILES string of the molecule is Cc1ccc(COCC[NH-])cc1.Cc1ccc(S(=O)(=O)[N-][C@H](c2ccccc2)[C@H](C)c2ccccc2)cc1.[CH3-].[Cl][Ru+3]. The molecular formula is C33H39ClN2O3RuS. The van der Waals surface area contributed by atoms with Crippen LogP contribution in [0.3, 0.4) is 0 Å². The van der Waals surface area contributed by atoms with Crippen molar-refractivity contribution in [1.82, 2.24) is 0 Å². The third-order valence-electron chi connectivity index (χ3n) is 6.15. The van der Waals surface area contributed by atoms with E-state index in [4.69, 9.17) is 10.5 Å². The van der Waals surface area contributed by atoms with E-state index in [1.807, 2.05) is 91.8 Å². The summed E-state index contributed by atoms with van der Waals surface area (Å²) in [5.41, 5.74) is 12.3. The fourth-order valence-corrected chi connectivity index (χ4v) is 5.10.